The third-order valence-corrected chi connectivity index (χ3v) is 14.6. The fourth-order valence-corrected chi connectivity index (χ4v) is 10.3. The molecule has 6 heterocycles. The molecule has 0 saturated carbocycles. The van der Waals surface area contributed by atoms with Crippen LogP contribution in [-0.2, 0) is 56.8 Å². The first kappa shape index (κ1) is 60.8. The molecule has 26 heteroatoms. The minimum atomic E-state index is -1.66. The summed E-state index contributed by atoms with van der Waals surface area (Å²) in [6, 6.07) is 0. The minimum Gasteiger partial charge on any atom is -0.394 e. The Bertz CT molecular complexity index is 1560. The van der Waals surface area contributed by atoms with Crippen molar-refractivity contribution in [2.24, 2.45) is 0 Å². The zero-order valence-electron chi connectivity index (χ0n) is 40.1. The summed E-state index contributed by atoms with van der Waals surface area (Å²) in [5.74, 6) is 0. The van der Waals surface area contributed by atoms with Crippen LogP contribution in [0.15, 0.2) is 0 Å². The van der Waals surface area contributed by atoms with E-state index in [0.717, 1.165) is 0 Å². The highest BCUT2D eigenvalue weighted by molar-refractivity contribution is 5.00. The third kappa shape index (κ3) is 13.4. The number of aliphatic hydroxyl groups excluding tert-OH is 14. The molecule has 0 bridgehead atoms. The summed E-state index contributed by atoms with van der Waals surface area (Å²) in [7, 11) is 1.27. The normalized spacial score (nSPS) is 50.9. The lowest BCUT2D eigenvalue weighted by Gasteiger charge is -2.47. The maximum Gasteiger partial charge on any atom is 0.115 e. The molecule has 14 N–H and O–H groups in total. The molecule has 6 fully saturated rings. The molecule has 26 nitrogen and oxygen atoms in total. The lowest BCUT2D eigenvalue weighted by atomic mass is 9.92. The van der Waals surface area contributed by atoms with Gasteiger partial charge in [0.05, 0.1) is 76.8 Å². The topological polar surface area (TPSA) is 394 Å². The van der Waals surface area contributed by atoms with E-state index in [1.54, 1.807) is 27.7 Å². The van der Waals surface area contributed by atoms with Crippen LogP contribution in [0.25, 0.3) is 0 Å². The molecule has 0 aromatic carbocycles. The molecule has 30 atom stereocenters. The van der Waals surface area contributed by atoms with Crippen molar-refractivity contribution in [1.82, 2.24) is 0 Å². The van der Waals surface area contributed by atoms with E-state index in [4.69, 9.17) is 56.8 Å². The van der Waals surface area contributed by atoms with Gasteiger partial charge in [0.1, 0.15) is 153 Å². The van der Waals surface area contributed by atoms with Crippen molar-refractivity contribution in [1.29, 1.82) is 0 Å². The first-order valence-corrected chi connectivity index (χ1v) is 24.1. The van der Waals surface area contributed by atoms with Gasteiger partial charge in [-0.15, -0.1) is 0 Å². The maximum absolute atomic E-state index is 11.9. The Labute approximate surface area is 412 Å². The van der Waals surface area contributed by atoms with Gasteiger partial charge < -0.3 is 128 Å². The van der Waals surface area contributed by atoms with Crippen LogP contribution in [0.5, 0.6) is 0 Å². The van der Waals surface area contributed by atoms with Crippen LogP contribution in [0.3, 0.4) is 0 Å². The molecule has 0 aliphatic carbocycles. The van der Waals surface area contributed by atoms with Crippen molar-refractivity contribution < 1.29 is 128 Å². The molecule has 71 heavy (non-hydrogen) atoms. The molecule has 30 unspecified atom stereocenters. The zero-order valence-corrected chi connectivity index (χ0v) is 40.1. The van der Waals surface area contributed by atoms with E-state index in [9.17, 15) is 71.5 Å². The minimum absolute atomic E-state index is 0. The van der Waals surface area contributed by atoms with Crippen molar-refractivity contribution in [3.05, 3.63) is 0 Å². The van der Waals surface area contributed by atoms with Crippen LogP contribution in [0, 0.1) is 0 Å². The van der Waals surface area contributed by atoms with E-state index < -0.39 is 216 Å². The molecule has 6 aliphatic heterocycles. The maximum atomic E-state index is 11.9. The molecule has 0 amide bonds. The van der Waals surface area contributed by atoms with Crippen LogP contribution in [0.2, 0.25) is 0 Å². The van der Waals surface area contributed by atoms with E-state index in [1.165, 1.54) is 14.0 Å². The second kappa shape index (κ2) is 26.8. The summed E-state index contributed by atoms with van der Waals surface area (Å²) in [4.78, 5) is 0. The molecule has 6 aliphatic rings. The van der Waals surface area contributed by atoms with Gasteiger partial charge in [-0.25, -0.2) is 0 Å². The molecule has 0 radical (unpaired) electrons. The summed E-state index contributed by atoms with van der Waals surface area (Å²) < 4.78 is 70.6. The average molecular weight is 1040 g/mol. The smallest absolute Gasteiger partial charge is 0.115 e. The SMILES string of the molecule is C.CCC1OC(C)C(OCC2OC(CO)C(OCC3OC(C)C(OCC4OC(CO)C(O)C(OC)C4O)C(O)C3O)C(OCC3OC(C)C(OCC4OC(C)C(O)C(O)C4O)C(O)C3O)C2O)C(O)C1O. The van der Waals surface area contributed by atoms with Crippen LogP contribution in [0.1, 0.15) is 48.5 Å². The second-order valence-electron chi connectivity index (χ2n) is 19.3. The van der Waals surface area contributed by atoms with E-state index in [1.807, 2.05) is 0 Å². The van der Waals surface area contributed by atoms with E-state index >= 15 is 0 Å². The van der Waals surface area contributed by atoms with E-state index in [0.29, 0.717) is 6.42 Å². The molecule has 6 rings (SSSR count). The van der Waals surface area contributed by atoms with Gasteiger partial charge in [-0.2, -0.15) is 0 Å². The predicted octanol–water partition coefficient (Wildman–Crippen LogP) is -7.03. The van der Waals surface area contributed by atoms with Gasteiger partial charge in [0.2, 0.25) is 0 Å². The molecule has 6 saturated heterocycles. The van der Waals surface area contributed by atoms with Gasteiger partial charge in [-0.1, -0.05) is 14.4 Å². The van der Waals surface area contributed by atoms with Crippen LogP contribution in [-0.4, -0.2) is 308 Å². The van der Waals surface area contributed by atoms with Gasteiger partial charge in [0.25, 0.3) is 0 Å². The van der Waals surface area contributed by atoms with Crippen molar-refractivity contribution in [2.45, 2.75) is 232 Å². The molecule has 0 aromatic heterocycles. The van der Waals surface area contributed by atoms with Crippen molar-refractivity contribution in [2.75, 3.05) is 53.4 Å². The van der Waals surface area contributed by atoms with Gasteiger partial charge in [0, 0.05) is 7.11 Å². The Balaban J connectivity index is 0.00000937. The Kier molecular flexibility index (Phi) is 23.0. The number of methoxy groups -OCH3 is 1. The van der Waals surface area contributed by atoms with Gasteiger partial charge in [-0.3, -0.25) is 0 Å². The summed E-state index contributed by atoms with van der Waals surface area (Å²) >= 11 is 0. The molecular weight excluding hydrogens is 956 g/mol. The van der Waals surface area contributed by atoms with Crippen molar-refractivity contribution >= 4 is 0 Å². The molecule has 0 spiro atoms. The lowest BCUT2D eigenvalue weighted by Crippen LogP contribution is -2.65. The monoisotopic (exact) mass is 1040 g/mol. The standard InChI is InChI=1S/C44H78O26.CH4/c1-7-19-28(48)36(56)39(16(3)66-19)62-14-26-34(54)44(64-12-24-31(51)38(58)40(17(4)68-24)60-10-22-29(49)35(55)27(47)15(2)65-22)42(21(9-46)70-26)63-11-23-30(50)37(57)41(18(5)67-23)61-13-25-33(53)43(59-6)32(52)20(8-45)69-25;/h15-58H,7-14H2,1-6H3;1H4. The molecule has 0 aromatic rings. The summed E-state index contributed by atoms with van der Waals surface area (Å²) in [6.45, 7) is 4.59. The Morgan fingerprint density at radius 3 is 1.03 bits per heavy atom. The van der Waals surface area contributed by atoms with Crippen molar-refractivity contribution in [3.63, 3.8) is 0 Å². The highest BCUT2D eigenvalue weighted by Crippen LogP contribution is 2.34. The Morgan fingerprint density at radius 2 is 0.620 bits per heavy atom. The number of aliphatic hydroxyl groups is 14. The number of hydrogen-bond donors (Lipinski definition) is 14. The quantitative estimate of drug-likeness (QED) is 0.0572. The average Bonchev–Trinajstić information content (AvgIpc) is 3.33. The number of rotatable bonds is 19. The van der Waals surface area contributed by atoms with Crippen molar-refractivity contribution in [3.8, 4) is 0 Å². The summed E-state index contributed by atoms with van der Waals surface area (Å²) in [6.07, 6.45) is -37.3. The zero-order chi connectivity index (χ0) is 51.5. The third-order valence-electron chi connectivity index (χ3n) is 14.6. The molecule has 418 valence electrons. The summed E-state index contributed by atoms with van der Waals surface area (Å²) in [5.41, 5.74) is 0. The van der Waals surface area contributed by atoms with E-state index in [2.05, 4.69) is 0 Å². The fraction of sp³-hybridized carbons (Fsp3) is 1.00. The first-order valence-electron chi connectivity index (χ1n) is 24.1. The van der Waals surface area contributed by atoms with Gasteiger partial charge in [-0.05, 0) is 34.1 Å². The lowest BCUT2D eigenvalue weighted by molar-refractivity contribution is -0.298. The van der Waals surface area contributed by atoms with Crippen LogP contribution >= 0.6 is 0 Å². The highest BCUT2D eigenvalue weighted by atomic mass is 16.7. The van der Waals surface area contributed by atoms with Gasteiger partial charge in [0.15, 0.2) is 0 Å². The van der Waals surface area contributed by atoms with Crippen LogP contribution in [0.4, 0.5) is 0 Å². The van der Waals surface area contributed by atoms with Gasteiger partial charge >= 0.3 is 0 Å². The molecular formula is C45H82O26. The number of hydrogen-bond acceptors (Lipinski definition) is 26. The predicted molar refractivity (Wildman–Crippen MR) is 237 cm³/mol. The first-order chi connectivity index (χ1) is 33.2. The van der Waals surface area contributed by atoms with E-state index in [-0.39, 0.29) is 20.6 Å². The largest absolute Gasteiger partial charge is 0.394 e. The van der Waals surface area contributed by atoms with Crippen LogP contribution < -0.4 is 0 Å². The Hall–Kier alpha value is -1.04. The fourth-order valence-electron chi connectivity index (χ4n) is 10.3. The number of ether oxygens (including phenoxy) is 12. The second-order valence-corrected chi connectivity index (χ2v) is 19.3. The Morgan fingerprint density at radius 1 is 0.310 bits per heavy atom. The summed E-state index contributed by atoms with van der Waals surface area (Å²) in [5, 5.41) is 151. The highest BCUT2D eigenvalue weighted by Gasteiger charge is 2.53.